The molecule has 1 atom stereocenters. The highest BCUT2D eigenvalue weighted by atomic mass is 19.1. The van der Waals surface area contributed by atoms with Crippen molar-refractivity contribution in [2.75, 3.05) is 20.1 Å². The second-order valence-corrected chi connectivity index (χ2v) is 5.47. The largest absolute Gasteiger partial charge is 0.333 e. The highest BCUT2D eigenvalue weighted by Crippen LogP contribution is 2.19. The fourth-order valence-electron chi connectivity index (χ4n) is 2.87. The Morgan fingerprint density at radius 2 is 2.14 bits per heavy atom. The first-order chi connectivity index (χ1) is 10.7. The van der Waals surface area contributed by atoms with Gasteiger partial charge in [0.25, 0.3) is 5.91 Å². The maximum Gasteiger partial charge on any atom is 0.274 e. The first-order valence-corrected chi connectivity index (χ1v) is 7.46. The van der Waals surface area contributed by atoms with Crippen LogP contribution in [-0.2, 0) is 0 Å². The summed E-state index contributed by atoms with van der Waals surface area (Å²) < 4.78 is 14.6. The van der Waals surface area contributed by atoms with E-state index in [2.05, 4.69) is 10.4 Å². The zero-order valence-corrected chi connectivity index (χ0v) is 12.5. The lowest BCUT2D eigenvalue weighted by Gasteiger charge is -2.23. The molecule has 1 saturated heterocycles. The van der Waals surface area contributed by atoms with E-state index in [9.17, 15) is 9.18 Å². The molecule has 5 nitrogen and oxygen atoms in total. The zero-order valence-electron chi connectivity index (χ0n) is 12.5. The predicted molar refractivity (Wildman–Crippen MR) is 81.5 cm³/mol. The van der Waals surface area contributed by atoms with E-state index in [1.807, 2.05) is 11.9 Å². The number of benzene rings is 1. The van der Waals surface area contributed by atoms with Crippen molar-refractivity contribution in [1.82, 2.24) is 20.0 Å². The summed E-state index contributed by atoms with van der Waals surface area (Å²) in [6.07, 6.45) is 3.77. The summed E-state index contributed by atoms with van der Waals surface area (Å²) in [5, 5.41) is 7.46. The van der Waals surface area contributed by atoms with Crippen LogP contribution >= 0.6 is 0 Å². The monoisotopic (exact) mass is 302 g/mol. The third-order valence-electron chi connectivity index (χ3n) is 3.98. The van der Waals surface area contributed by atoms with Crippen molar-refractivity contribution in [3.8, 4) is 5.69 Å². The Morgan fingerprint density at radius 3 is 2.86 bits per heavy atom. The molecule has 1 fully saturated rings. The van der Waals surface area contributed by atoms with E-state index >= 15 is 0 Å². The Morgan fingerprint density at radius 1 is 1.36 bits per heavy atom. The van der Waals surface area contributed by atoms with Crippen LogP contribution in [0.2, 0.25) is 0 Å². The van der Waals surface area contributed by atoms with E-state index in [1.54, 1.807) is 29.1 Å². The molecule has 0 radical (unpaired) electrons. The normalized spacial score (nSPS) is 17.9. The molecule has 1 unspecified atom stereocenters. The third kappa shape index (κ3) is 2.87. The summed E-state index contributed by atoms with van der Waals surface area (Å²) in [5.41, 5.74) is 1.15. The van der Waals surface area contributed by atoms with Gasteiger partial charge in [-0.1, -0.05) is 0 Å². The minimum absolute atomic E-state index is 0.0430. The Balaban J connectivity index is 1.78. The lowest BCUT2D eigenvalue weighted by atomic mass is 10.2. The van der Waals surface area contributed by atoms with Crippen LogP contribution < -0.4 is 5.32 Å². The van der Waals surface area contributed by atoms with E-state index < -0.39 is 0 Å². The minimum Gasteiger partial charge on any atom is -0.333 e. The first kappa shape index (κ1) is 14.7. The number of nitrogens with zero attached hydrogens (tertiary/aromatic N) is 3. The number of carbonyl (C=O) groups is 1. The van der Waals surface area contributed by atoms with Crippen molar-refractivity contribution in [3.63, 3.8) is 0 Å². The van der Waals surface area contributed by atoms with E-state index in [0.717, 1.165) is 31.6 Å². The number of aromatic nitrogens is 2. The number of nitrogens with one attached hydrogen (secondary N) is 1. The van der Waals surface area contributed by atoms with Gasteiger partial charge in [0.2, 0.25) is 0 Å². The molecule has 0 saturated carbocycles. The van der Waals surface area contributed by atoms with Crippen LogP contribution in [0, 0.1) is 5.82 Å². The van der Waals surface area contributed by atoms with Crippen LogP contribution in [0.5, 0.6) is 0 Å². The fourth-order valence-corrected chi connectivity index (χ4v) is 2.87. The average molecular weight is 302 g/mol. The molecule has 3 rings (SSSR count). The molecule has 1 aromatic carbocycles. The van der Waals surface area contributed by atoms with Gasteiger partial charge in [-0.25, -0.2) is 9.07 Å². The van der Waals surface area contributed by atoms with Crippen LogP contribution in [-0.4, -0.2) is 46.8 Å². The summed E-state index contributed by atoms with van der Waals surface area (Å²) >= 11 is 0. The van der Waals surface area contributed by atoms with E-state index in [0.29, 0.717) is 5.69 Å². The van der Waals surface area contributed by atoms with Crippen molar-refractivity contribution in [1.29, 1.82) is 0 Å². The topological polar surface area (TPSA) is 50.2 Å². The second-order valence-electron chi connectivity index (χ2n) is 5.47. The van der Waals surface area contributed by atoms with Crippen molar-refractivity contribution < 1.29 is 9.18 Å². The number of hydrogen-bond donors (Lipinski definition) is 1. The van der Waals surface area contributed by atoms with Crippen LogP contribution in [0.4, 0.5) is 4.39 Å². The number of likely N-dealkylation sites (tertiary alicyclic amines) is 1. The predicted octanol–water partition coefficient (Wildman–Crippen LogP) is 1.84. The van der Waals surface area contributed by atoms with Gasteiger partial charge in [-0.3, -0.25) is 4.79 Å². The molecule has 116 valence electrons. The molecule has 2 aromatic rings. The van der Waals surface area contributed by atoms with Gasteiger partial charge in [-0.05, 0) is 50.2 Å². The fraction of sp³-hybridized carbons (Fsp3) is 0.375. The molecule has 0 bridgehead atoms. The van der Waals surface area contributed by atoms with Crippen LogP contribution in [0.1, 0.15) is 23.3 Å². The Labute approximate surface area is 128 Å². The molecule has 1 aliphatic heterocycles. The molecule has 1 N–H and O–H groups in total. The van der Waals surface area contributed by atoms with Gasteiger partial charge in [0, 0.05) is 25.3 Å². The van der Waals surface area contributed by atoms with Gasteiger partial charge in [-0.2, -0.15) is 5.10 Å². The van der Waals surface area contributed by atoms with Crippen molar-refractivity contribution in [3.05, 3.63) is 48.0 Å². The maximum atomic E-state index is 13.0. The Kier molecular flexibility index (Phi) is 4.20. The molecule has 0 aliphatic carbocycles. The molecule has 6 heteroatoms. The molecule has 2 heterocycles. The smallest absolute Gasteiger partial charge is 0.274 e. The van der Waals surface area contributed by atoms with E-state index in [4.69, 9.17) is 0 Å². The Hall–Kier alpha value is -2.21. The summed E-state index contributed by atoms with van der Waals surface area (Å²) in [5.74, 6) is -0.335. The number of likely N-dealkylation sites (N-methyl/N-ethyl adjacent to an activating group) is 1. The van der Waals surface area contributed by atoms with Crippen LogP contribution in [0.25, 0.3) is 5.69 Å². The summed E-state index contributed by atoms with van der Waals surface area (Å²) in [4.78, 5) is 14.5. The molecular formula is C16H19FN4O. The van der Waals surface area contributed by atoms with Gasteiger partial charge >= 0.3 is 0 Å². The van der Waals surface area contributed by atoms with Gasteiger partial charge in [0.1, 0.15) is 5.82 Å². The van der Waals surface area contributed by atoms with E-state index in [1.165, 1.54) is 12.1 Å². The molecule has 1 aliphatic rings. The van der Waals surface area contributed by atoms with Gasteiger partial charge < -0.3 is 10.2 Å². The van der Waals surface area contributed by atoms with Crippen LogP contribution in [0.3, 0.4) is 0 Å². The number of hydrogen-bond acceptors (Lipinski definition) is 3. The van der Waals surface area contributed by atoms with Gasteiger partial charge in [0.15, 0.2) is 5.69 Å². The number of rotatable bonds is 4. The van der Waals surface area contributed by atoms with Crippen molar-refractivity contribution >= 4 is 5.91 Å². The molecule has 0 spiro atoms. The van der Waals surface area contributed by atoms with Gasteiger partial charge in [0.05, 0.1) is 5.69 Å². The average Bonchev–Trinajstić information content (AvgIpc) is 3.17. The lowest BCUT2D eigenvalue weighted by Crippen LogP contribution is -2.41. The second kappa shape index (κ2) is 6.27. The highest BCUT2D eigenvalue weighted by Gasteiger charge is 2.29. The number of halogens is 1. The Bertz CT molecular complexity index is 652. The molecule has 1 aromatic heterocycles. The number of carbonyl (C=O) groups excluding carboxylic acids is 1. The quantitative estimate of drug-likeness (QED) is 0.937. The standard InChI is InChI=1S/C16H19FN4O/c1-18-11-14-3-2-9-20(14)16(22)15-8-10-21(19-15)13-6-4-12(17)5-7-13/h4-8,10,14,18H,2-3,9,11H2,1H3. The number of amides is 1. The minimum atomic E-state index is -0.292. The summed E-state index contributed by atoms with van der Waals surface area (Å²) in [6.45, 7) is 1.57. The van der Waals surface area contributed by atoms with Gasteiger partial charge in [-0.15, -0.1) is 0 Å². The summed E-state index contributed by atoms with van der Waals surface area (Å²) in [7, 11) is 1.89. The van der Waals surface area contributed by atoms with Crippen LogP contribution in [0.15, 0.2) is 36.5 Å². The summed E-state index contributed by atoms with van der Waals surface area (Å²) in [6, 6.07) is 7.96. The highest BCUT2D eigenvalue weighted by molar-refractivity contribution is 5.92. The first-order valence-electron chi connectivity index (χ1n) is 7.46. The zero-order chi connectivity index (χ0) is 15.5. The third-order valence-corrected chi connectivity index (χ3v) is 3.98. The maximum absolute atomic E-state index is 13.0. The molecular weight excluding hydrogens is 283 g/mol. The molecule has 1 amide bonds. The van der Waals surface area contributed by atoms with Crippen molar-refractivity contribution in [2.24, 2.45) is 0 Å². The SMILES string of the molecule is CNCC1CCCN1C(=O)c1ccn(-c2ccc(F)cc2)n1. The van der Waals surface area contributed by atoms with E-state index in [-0.39, 0.29) is 17.8 Å². The lowest BCUT2D eigenvalue weighted by molar-refractivity contribution is 0.0730. The molecule has 22 heavy (non-hydrogen) atoms. The van der Waals surface area contributed by atoms with Crippen molar-refractivity contribution in [2.45, 2.75) is 18.9 Å².